The highest BCUT2D eigenvalue weighted by molar-refractivity contribution is 6.17. The minimum absolute atomic E-state index is 0.253. The average Bonchev–Trinajstić information content (AvgIpc) is 2.42. The molecule has 2 rings (SSSR count). The van der Waals surface area contributed by atoms with Gasteiger partial charge >= 0.3 is 0 Å². The molecule has 0 aliphatic carbocycles. The van der Waals surface area contributed by atoms with Crippen molar-refractivity contribution in [1.82, 2.24) is 4.90 Å². The van der Waals surface area contributed by atoms with Crippen LogP contribution in [0.3, 0.4) is 0 Å². The van der Waals surface area contributed by atoms with Gasteiger partial charge in [-0.15, -0.1) is 11.6 Å². The van der Waals surface area contributed by atoms with E-state index < -0.39 is 0 Å². The van der Waals surface area contributed by atoms with E-state index in [2.05, 4.69) is 19.1 Å². The number of benzene rings is 1. The van der Waals surface area contributed by atoms with Crippen LogP contribution in [0.15, 0.2) is 24.3 Å². The normalized spacial score (nSPS) is 19.5. The second kappa shape index (κ2) is 6.95. The predicted octanol–water partition coefficient (Wildman–Crippen LogP) is 3.41. The molecule has 0 spiro atoms. The van der Waals surface area contributed by atoms with Crippen LogP contribution in [0.25, 0.3) is 0 Å². The van der Waals surface area contributed by atoms with Crippen LogP contribution in [0.2, 0.25) is 0 Å². The summed E-state index contributed by atoms with van der Waals surface area (Å²) in [6.45, 7) is 3.86. The number of carbonyl (C=O) groups is 1. The van der Waals surface area contributed by atoms with Crippen molar-refractivity contribution in [3.05, 3.63) is 35.4 Å². The third-order valence-corrected chi connectivity index (χ3v) is 4.08. The minimum atomic E-state index is 0.253. The topological polar surface area (TPSA) is 20.3 Å². The van der Waals surface area contributed by atoms with Crippen molar-refractivity contribution in [2.24, 2.45) is 5.92 Å². The molecule has 1 saturated heterocycles. The van der Waals surface area contributed by atoms with Gasteiger partial charge in [0.15, 0.2) is 0 Å². The summed E-state index contributed by atoms with van der Waals surface area (Å²) in [5.41, 5.74) is 2.34. The number of halogens is 1. The van der Waals surface area contributed by atoms with E-state index in [1.165, 1.54) is 12.0 Å². The largest absolute Gasteiger partial charge is 0.342 e. The Morgan fingerprint density at radius 3 is 2.79 bits per heavy atom. The maximum atomic E-state index is 12.3. The Morgan fingerprint density at radius 1 is 1.37 bits per heavy atom. The van der Waals surface area contributed by atoms with Gasteiger partial charge in [-0.25, -0.2) is 0 Å². The van der Waals surface area contributed by atoms with Crippen molar-refractivity contribution in [2.75, 3.05) is 19.0 Å². The molecule has 1 fully saturated rings. The van der Waals surface area contributed by atoms with Gasteiger partial charge in [-0.3, -0.25) is 4.79 Å². The number of nitrogens with zero attached hydrogens (tertiary/aromatic N) is 1. The average molecular weight is 280 g/mol. The number of likely N-dealkylation sites (tertiary alicyclic amines) is 1. The first-order valence-electron chi connectivity index (χ1n) is 7.08. The summed E-state index contributed by atoms with van der Waals surface area (Å²) in [4.78, 5) is 14.3. The number of hydrogen-bond acceptors (Lipinski definition) is 1. The second-order valence-electron chi connectivity index (χ2n) is 5.49. The molecule has 1 aliphatic heterocycles. The molecule has 1 unspecified atom stereocenters. The lowest BCUT2D eigenvalue weighted by Gasteiger charge is -2.32. The molecule has 3 heteroatoms. The molecule has 0 N–H and O–H groups in total. The summed E-state index contributed by atoms with van der Waals surface area (Å²) in [6, 6.07) is 8.23. The van der Waals surface area contributed by atoms with Crippen molar-refractivity contribution in [2.45, 2.75) is 32.6 Å². The summed E-state index contributed by atoms with van der Waals surface area (Å²) in [5.74, 6) is 1.54. The Kier molecular flexibility index (Phi) is 5.26. The minimum Gasteiger partial charge on any atom is -0.342 e. The van der Waals surface area contributed by atoms with Gasteiger partial charge in [0.05, 0.1) is 6.42 Å². The molecule has 1 heterocycles. The highest BCUT2D eigenvalue weighted by atomic mass is 35.5. The molecule has 1 amide bonds. The van der Waals surface area contributed by atoms with Gasteiger partial charge in [-0.2, -0.15) is 0 Å². The zero-order valence-corrected chi connectivity index (χ0v) is 12.3. The highest BCUT2D eigenvalue weighted by Crippen LogP contribution is 2.20. The van der Waals surface area contributed by atoms with Crippen LogP contribution < -0.4 is 0 Å². The fourth-order valence-electron chi connectivity index (χ4n) is 2.67. The van der Waals surface area contributed by atoms with Gasteiger partial charge in [0.25, 0.3) is 0 Å². The molecule has 2 nitrogen and oxygen atoms in total. The van der Waals surface area contributed by atoms with Gasteiger partial charge in [-0.1, -0.05) is 29.8 Å². The van der Waals surface area contributed by atoms with Crippen LogP contribution in [0.1, 0.15) is 30.4 Å². The standard InChI is InChI=1S/C16H22ClNO/c1-13-4-6-14(7-5-13)11-16(19)18-10-2-3-15(12-18)8-9-17/h4-7,15H,2-3,8-12H2,1H3. The first kappa shape index (κ1) is 14.4. The molecule has 0 radical (unpaired) electrons. The molecule has 0 saturated carbocycles. The Hall–Kier alpha value is -1.02. The predicted molar refractivity (Wildman–Crippen MR) is 79.5 cm³/mol. The molecule has 1 aromatic rings. The first-order valence-corrected chi connectivity index (χ1v) is 7.62. The fraction of sp³-hybridized carbons (Fsp3) is 0.562. The zero-order valence-electron chi connectivity index (χ0n) is 11.6. The number of hydrogen-bond donors (Lipinski definition) is 0. The van der Waals surface area contributed by atoms with E-state index in [0.717, 1.165) is 31.5 Å². The Labute approximate surface area is 120 Å². The lowest BCUT2D eigenvalue weighted by Crippen LogP contribution is -2.40. The molecule has 0 aromatic heterocycles. The van der Waals surface area contributed by atoms with Crippen molar-refractivity contribution in [1.29, 1.82) is 0 Å². The van der Waals surface area contributed by atoms with Crippen LogP contribution in [0.4, 0.5) is 0 Å². The summed E-state index contributed by atoms with van der Waals surface area (Å²) in [6.07, 6.45) is 3.87. The van der Waals surface area contributed by atoms with E-state index in [9.17, 15) is 4.79 Å². The number of amides is 1. The van der Waals surface area contributed by atoms with Crippen LogP contribution in [-0.2, 0) is 11.2 Å². The van der Waals surface area contributed by atoms with Gasteiger partial charge in [0.2, 0.25) is 5.91 Å². The Morgan fingerprint density at radius 2 is 2.11 bits per heavy atom. The van der Waals surface area contributed by atoms with E-state index in [-0.39, 0.29) is 5.91 Å². The quantitative estimate of drug-likeness (QED) is 0.774. The van der Waals surface area contributed by atoms with Crippen molar-refractivity contribution >= 4 is 17.5 Å². The third kappa shape index (κ3) is 4.24. The van der Waals surface area contributed by atoms with Crippen LogP contribution in [0, 0.1) is 12.8 Å². The van der Waals surface area contributed by atoms with E-state index in [4.69, 9.17) is 11.6 Å². The van der Waals surface area contributed by atoms with E-state index in [1.54, 1.807) is 0 Å². The summed E-state index contributed by atoms with van der Waals surface area (Å²) in [5, 5.41) is 0. The van der Waals surface area contributed by atoms with Gasteiger partial charge in [0, 0.05) is 19.0 Å². The Balaban J connectivity index is 1.90. The van der Waals surface area contributed by atoms with Crippen molar-refractivity contribution in [3.63, 3.8) is 0 Å². The number of rotatable bonds is 4. The maximum absolute atomic E-state index is 12.3. The number of alkyl halides is 1. The molecule has 1 atom stereocenters. The highest BCUT2D eigenvalue weighted by Gasteiger charge is 2.23. The lowest BCUT2D eigenvalue weighted by atomic mass is 9.95. The van der Waals surface area contributed by atoms with Crippen LogP contribution in [-0.4, -0.2) is 29.8 Å². The summed E-state index contributed by atoms with van der Waals surface area (Å²) < 4.78 is 0. The fourth-order valence-corrected chi connectivity index (χ4v) is 2.98. The molecule has 0 bridgehead atoms. The number of piperidine rings is 1. The van der Waals surface area contributed by atoms with E-state index >= 15 is 0 Å². The van der Waals surface area contributed by atoms with Crippen LogP contribution >= 0.6 is 11.6 Å². The Bertz CT molecular complexity index is 413. The van der Waals surface area contributed by atoms with Gasteiger partial charge in [0.1, 0.15) is 0 Å². The first-order chi connectivity index (χ1) is 9.19. The molecule has 104 valence electrons. The monoisotopic (exact) mass is 279 g/mol. The molecule has 1 aliphatic rings. The van der Waals surface area contributed by atoms with Gasteiger partial charge < -0.3 is 4.90 Å². The van der Waals surface area contributed by atoms with E-state index in [1.807, 2.05) is 17.0 Å². The maximum Gasteiger partial charge on any atom is 0.226 e. The SMILES string of the molecule is Cc1ccc(CC(=O)N2CCCC(CCCl)C2)cc1. The lowest BCUT2D eigenvalue weighted by molar-refractivity contribution is -0.132. The van der Waals surface area contributed by atoms with Crippen molar-refractivity contribution in [3.8, 4) is 0 Å². The van der Waals surface area contributed by atoms with E-state index in [0.29, 0.717) is 18.2 Å². The van der Waals surface area contributed by atoms with Crippen molar-refractivity contribution < 1.29 is 4.79 Å². The molecular weight excluding hydrogens is 258 g/mol. The molecule has 1 aromatic carbocycles. The van der Waals surface area contributed by atoms with Gasteiger partial charge in [-0.05, 0) is 37.7 Å². The smallest absolute Gasteiger partial charge is 0.226 e. The second-order valence-corrected chi connectivity index (χ2v) is 5.87. The summed E-state index contributed by atoms with van der Waals surface area (Å²) in [7, 11) is 0. The molecule has 19 heavy (non-hydrogen) atoms. The van der Waals surface area contributed by atoms with Crippen LogP contribution in [0.5, 0.6) is 0 Å². The zero-order chi connectivity index (χ0) is 13.7. The third-order valence-electron chi connectivity index (χ3n) is 3.87. The summed E-state index contributed by atoms with van der Waals surface area (Å²) >= 11 is 5.80. The number of carbonyl (C=O) groups excluding carboxylic acids is 1. The molecular formula is C16H22ClNO. The number of aryl methyl sites for hydroxylation is 1.